The van der Waals surface area contributed by atoms with Crippen molar-refractivity contribution in [1.29, 1.82) is 0 Å². The van der Waals surface area contributed by atoms with Crippen LogP contribution in [0.2, 0.25) is 10.0 Å². The lowest BCUT2D eigenvalue weighted by molar-refractivity contribution is 0.471. The summed E-state index contributed by atoms with van der Waals surface area (Å²) >= 11 is 12.0. The van der Waals surface area contributed by atoms with Crippen LogP contribution < -0.4 is 0 Å². The zero-order valence-corrected chi connectivity index (χ0v) is 10.7. The minimum atomic E-state index is -0.397. The number of benzene rings is 1. The van der Waals surface area contributed by atoms with E-state index in [2.05, 4.69) is 13.8 Å². The van der Waals surface area contributed by atoms with E-state index in [1.807, 2.05) is 6.92 Å². The van der Waals surface area contributed by atoms with Crippen molar-refractivity contribution in [3.05, 3.63) is 33.6 Å². The van der Waals surface area contributed by atoms with Crippen LogP contribution in [0.4, 0.5) is 4.39 Å². The Bertz CT molecular complexity index is 350. The molecular formula is C12H15Cl2F. The van der Waals surface area contributed by atoms with Crippen LogP contribution in [0.3, 0.4) is 0 Å². The summed E-state index contributed by atoms with van der Waals surface area (Å²) in [7, 11) is 0. The minimum Gasteiger partial charge on any atom is -0.205 e. The Balaban J connectivity index is 3.18. The van der Waals surface area contributed by atoms with Gasteiger partial charge in [-0.3, -0.25) is 0 Å². The fraction of sp³-hybridized carbons (Fsp3) is 0.500. The third-order valence-electron chi connectivity index (χ3n) is 3.03. The molecule has 0 N–H and O–H groups in total. The summed E-state index contributed by atoms with van der Waals surface area (Å²) in [5.41, 5.74) is 0.729. The van der Waals surface area contributed by atoms with Crippen LogP contribution in [0.15, 0.2) is 12.1 Å². The first kappa shape index (κ1) is 12.8. The Morgan fingerprint density at radius 1 is 1.27 bits per heavy atom. The molecule has 1 aromatic rings. The van der Waals surface area contributed by atoms with Gasteiger partial charge in [-0.15, -0.1) is 0 Å². The van der Waals surface area contributed by atoms with Gasteiger partial charge in [0.05, 0.1) is 5.02 Å². The largest absolute Gasteiger partial charge is 0.205 e. The molecule has 0 aliphatic carbocycles. The Kier molecular flexibility index (Phi) is 4.42. The van der Waals surface area contributed by atoms with Crippen LogP contribution in [-0.2, 0) is 0 Å². The molecule has 1 aromatic carbocycles. The fourth-order valence-electron chi connectivity index (χ4n) is 1.60. The number of rotatable bonds is 3. The van der Waals surface area contributed by atoms with Crippen molar-refractivity contribution < 1.29 is 4.39 Å². The number of hydrogen-bond donors (Lipinski definition) is 0. The Morgan fingerprint density at radius 2 is 1.87 bits per heavy atom. The van der Waals surface area contributed by atoms with E-state index < -0.39 is 5.82 Å². The molecule has 0 aromatic heterocycles. The highest BCUT2D eigenvalue weighted by molar-refractivity contribution is 6.36. The molecule has 0 saturated carbocycles. The van der Waals surface area contributed by atoms with Gasteiger partial charge in [0.1, 0.15) is 5.82 Å². The van der Waals surface area contributed by atoms with E-state index in [1.165, 1.54) is 6.07 Å². The maximum atomic E-state index is 13.3. The van der Waals surface area contributed by atoms with Crippen molar-refractivity contribution >= 4 is 23.2 Å². The van der Waals surface area contributed by atoms with Crippen molar-refractivity contribution in [2.75, 3.05) is 0 Å². The number of halogens is 3. The molecule has 0 heterocycles. The van der Waals surface area contributed by atoms with E-state index >= 15 is 0 Å². The molecule has 0 amide bonds. The normalized spacial score (nSPS) is 15.1. The second-order valence-corrected chi connectivity index (χ2v) is 4.72. The van der Waals surface area contributed by atoms with Gasteiger partial charge in [0, 0.05) is 5.02 Å². The lowest BCUT2D eigenvalue weighted by Gasteiger charge is -2.21. The van der Waals surface area contributed by atoms with Crippen molar-refractivity contribution in [2.45, 2.75) is 33.1 Å². The average molecular weight is 249 g/mol. The van der Waals surface area contributed by atoms with Crippen LogP contribution in [0.5, 0.6) is 0 Å². The van der Waals surface area contributed by atoms with E-state index in [0.29, 0.717) is 10.9 Å². The molecule has 84 valence electrons. The lowest BCUT2D eigenvalue weighted by atomic mass is 9.87. The second kappa shape index (κ2) is 5.18. The van der Waals surface area contributed by atoms with Crippen molar-refractivity contribution in [3.8, 4) is 0 Å². The van der Waals surface area contributed by atoms with Gasteiger partial charge in [0.25, 0.3) is 0 Å². The average Bonchev–Trinajstić information content (AvgIpc) is 2.22. The maximum absolute atomic E-state index is 13.3. The summed E-state index contributed by atoms with van der Waals surface area (Å²) < 4.78 is 13.3. The minimum absolute atomic E-state index is 0.162. The summed E-state index contributed by atoms with van der Waals surface area (Å²) in [5.74, 6) is 0.207. The maximum Gasteiger partial charge on any atom is 0.142 e. The SMILES string of the molecule is CC[C@@H](C)C(C)c1c(Cl)ccc(F)c1Cl. The molecular weight excluding hydrogens is 234 g/mol. The van der Waals surface area contributed by atoms with E-state index in [4.69, 9.17) is 23.2 Å². The molecule has 1 rings (SSSR count). The number of hydrogen-bond acceptors (Lipinski definition) is 0. The summed E-state index contributed by atoms with van der Waals surface area (Å²) in [6.45, 7) is 6.24. The highest BCUT2D eigenvalue weighted by Crippen LogP contribution is 2.37. The zero-order chi connectivity index (χ0) is 11.6. The molecule has 0 bridgehead atoms. The van der Waals surface area contributed by atoms with E-state index in [0.717, 1.165) is 12.0 Å². The summed E-state index contributed by atoms with van der Waals surface area (Å²) in [4.78, 5) is 0. The third kappa shape index (κ3) is 2.64. The quantitative estimate of drug-likeness (QED) is 0.639. The Labute approximate surface area is 100 Å². The highest BCUT2D eigenvalue weighted by Gasteiger charge is 2.20. The molecule has 15 heavy (non-hydrogen) atoms. The van der Waals surface area contributed by atoms with Crippen LogP contribution in [0.1, 0.15) is 38.7 Å². The Hall–Kier alpha value is -0.270. The first-order valence-corrected chi connectivity index (χ1v) is 5.88. The van der Waals surface area contributed by atoms with E-state index in [-0.39, 0.29) is 10.9 Å². The molecule has 3 heteroatoms. The third-order valence-corrected chi connectivity index (χ3v) is 3.75. The van der Waals surface area contributed by atoms with Crippen molar-refractivity contribution in [2.24, 2.45) is 5.92 Å². The predicted octanol–water partition coefficient (Wildman–Crippen LogP) is 5.28. The van der Waals surface area contributed by atoms with Crippen LogP contribution >= 0.6 is 23.2 Å². The van der Waals surface area contributed by atoms with Gasteiger partial charge in [-0.1, -0.05) is 50.4 Å². The fourth-order valence-corrected chi connectivity index (χ4v) is 2.31. The van der Waals surface area contributed by atoms with Crippen LogP contribution in [-0.4, -0.2) is 0 Å². The first-order chi connectivity index (χ1) is 6.99. The molecule has 2 atom stereocenters. The van der Waals surface area contributed by atoms with Crippen molar-refractivity contribution in [1.82, 2.24) is 0 Å². The summed E-state index contributed by atoms with van der Waals surface area (Å²) in [5, 5.41) is 0.713. The molecule has 1 unspecified atom stereocenters. The molecule has 0 aliphatic heterocycles. The summed E-state index contributed by atoms with van der Waals surface area (Å²) in [6.07, 6.45) is 1.02. The van der Waals surface area contributed by atoms with E-state index in [1.54, 1.807) is 6.07 Å². The van der Waals surface area contributed by atoms with Gasteiger partial charge >= 0.3 is 0 Å². The van der Waals surface area contributed by atoms with Crippen LogP contribution in [0, 0.1) is 11.7 Å². The molecule has 0 radical (unpaired) electrons. The standard InChI is InChI=1S/C12H15Cl2F/c1-4-7(2)8(3)11-9(13)5-6-10(15)12(11)14/h5-8H,4H2,1-3H3/t7-,8?/m1/s1. The van der Waals surface area contributed by atoms with E-state index in [9.17, 15) is 4.39 Å². The zero-order valence-electron chi connectivity index (χ0n) is 9.15. The van der Waals surface area contributed by atoms with Crippen LogP contribution in [0.25, 0.3) is 0 Å². The molecule has 0 fully saturated rings. The monoisotopic (exact) mass is 248 g/mol. The predicted molar refractivity (Wildman–Crippen MR) is 64.3 cm³/mol. The van der Waals surface area contributed by atoms with Crippen molar-refractivity contribution in [3.63, 3.8) is 0 Å². The van der Waals surface area contributed by atoms with Gasteiger partial charge in [-0.2, -0.15) is 0 Å². The smallest absolute Gasteiger partial charge is 0.142 e. The highest BCUT2D eigenvalue weighted by atomic mass is 35.5. The first-order valence-electron chi connectivity index (χ1n) is 5.12. The topological polar surface area (TPSA) is 0 Å². The van der Waals surface area contributed by atoms with Gasteiger partial charge < -0.3 is 0 Å². The molecule has 0 nitrogen and oxygen atoms in total. The summed E-state index contributed by atoms with van der Waals surface area (Å²) in [6, 6.07) is 2.87. The van der Waals surface area contributed by atoms with Gasteiger partial charge in [0.15, 0.2) is 0 Å². The van der Waals surface area contributed by atoms with Gasteiger partial charge in [0.2, 0.25) is 0 Å². The molecule has 0 spiro atoms. The second-order valence-electron chi connectivity index (χ2n) is 3.93. The molecule has 0 saturated heterocycles. The lowest BCUT2D eigenvalue weighted by Crippen LogP contribution is -2.07. The van der Waals surface area contributed by atoms with Gasteiger partial charge in [-0.05, 0) is 29.5 Å². The Morgan fingerprint density at radius 3 is 2.40 bits per heavy atom. The van der Waals surface area contributed by atoms with Gasteiger partial charge in [-0.25, -0.2) is 4.39 Å². The molecule has 0 aliphatic rings.